The fourth-order valence-electron chi connectivity index (χ4n) is 6.63. The molecule has 0 amide bonds. The van der Waals surface area contributed by atoms with Crippen LogP contribution in [0.25, 0.3) is 44.6 Å². The lowest BCUT2D eigenvalue weighted by molar-refractivity contribution is 0.284. The molecule has 10 aromatic rings. The van der Waals surface area contributed by atoms with E-state index in [9.17, 15) is 0 Å². The highest BCUT2D eigenvalue weighted by Gasteiger charge is 2.09. The number of hydrogen-bond donors (Lipinski definition) is 2. The summed E-state index contributed by atoms with van der Waals surface area (Å²) < 4.78 is 29.3. The van der Waals surface area contributed by atoms with E-state index in [-0.39, 0.29) is 0 Å². The van der Waals surface area contributed by atoms with Crippen molar-refractivity contribution in [2.24, 2.45) is 0 Å². The molecule has 2 N–H and O–H groups in total. The Bertz CT molecular complexity index is 3080. The maximum atomic E-state index is 5.99. The minimum atomic E-state index is 0.342. The highest BCUT2D eigenvalue weighted by atomic mass is 16.5. The zero-order valence-corrected chi connectivity index (χ0v) is 34.5. The topological polar surface area (TPSA) is 181 Å². The van der Waals surface area contributed by atoms with Gasteiger partial charge in [0.15, 0.2) is 0 Å². The van der Waals surface area contributed by atoms with Gasteiger partial charge in [0.1, 0.15) is 55.2 Å². The van der Waals surface area contributed by atoms with Gasteiger partial charge in [-0.15, -0.1) is 20.4 Å². The number of H-pyrrole nitrogens is 2. The molecule has 0 spiro atoms. The minimum absolute atomic E-state index is 0.342. The molecular weight excluding hydrogens is 809 g/mol. The van der Waals surface area contributed by atoms with Gasteiger partial charge in [-0.1, -0.05) is 97.1 Å². The maximum absolute atomic E-state index is 5.99. The van der Waals surface area contributed by atoms with Crippen LogP contribution in [0.15, 0.2) is 164 Å². The van der Waals surface area contributed by atoms with Gasteiger partial charge in [-0.2, -0.15) is 10.4 Å². The van der Waals surface area contributed by atoms with Crippen LogP contribution in [0, 0.1) is 0 Å². The zero-order chi connectivity index (χ0) is 43.3. The first-order valence-electron chi connectivity index (χ1n) is 20.3. The van der Waals surface area contributed by atoms with Gasteiger partial charge in [0.2, 0.25) is 11.6 Å². The second-order valence-corrected chi connectivity index (χ2v) is 14.3. The Labute approximate surface area is 367 Å². The number of fused-ring (bicyclic) bond motifs is 2. The normalized spacial score (nSPS) is 10.8. The molecule has 10 rings (SSSR count). The number of aromatic amines is 2. The maximum Gasteiger partial charge on any atom is 0.204 e. The average molecular weight is 849 g/mol. The predicted octanol–water partition coefficient (Wildman–Crippen LogP) is 9.15. The number of ether oxygens (including phenoxy) is 5. The molecule has 0 unspecified atom stereocenters. The number of nitrogens with zero attached hydrogens (tertiary/aromatic N) is 8. The molecule has 0 aliphatic heterocycles. The average Bonchev–Trinajstić information content (AvgIpc) is 4.11. The summed E-state index contributed by atoms with van der Waals surface area (Å²) in [6.45, 7) is 1.54. The minimum Gasteiger partial charge on any atom is -0.496 e. The van der Waals surface area contributed by atoms with Gasteiger partial charge in [-0.25, -0.2) is 9.97 Å². The molecule has 0 saturated carbocycles. The number of benzene rings is 6. The first-order valence-corrected chi connectivity index (χ1v) is 20.3. The van der Waals surface area contributed by atoms with Crippen LogP contribution in [0.1, 0.15) is 22.5 Å². The van der Waals surface area contributed by atoms with Gasteiger partial charge < -0.3 is 23.7 Å². The lowest BCUT2D eigenvalue weighted by atomic mass is 10.1. The highest BCUT2D eigenvalue weighted by Crippen LogP contribution is 2.29. The number of rotatable bonds is 15. The molecule has 0 radical (unpaired) electrons. The van der Waals surface area contributed by atoms with E-state index < -0.39 is 0 Å². The molecule has 0 atom stereocenters. The van der Waals surface area contributed by atoms with Gasteiger partial charge >= 0.3 is 0 Å². The Morgan fingerprint density at radius 3 is 1.53 bits per heavy atom. The van der Waals surface area contributed by atoms with E-state index in [4.69, 9.17) is 23.7 Å². The van der Waals surface area contributed by atoms with Gasteiger partial charge in [0.25, 0.3) is 0 Å². The summed E-state index contributed by atoms with van der Waals surface area (Å²) in [4.78, 5) is 9.30. The molecule has 316 valence electrons. The van der Waals surface area contributed by atoms with Crippen LogP contribution in [0.5, 0.6) is 28.7 Å². The first kappa shape index (κ1) is 40.7. The number of nitrogens with one attached hydrogen (secondary N) is 2. The first-order chi connectivity index (χ1) is 31.6. The number of para-hydroxylation sites is 2. The van der Waals surface area contributed by atoms with Crippen LogP contribution in [0.3, 0.4) is 0 Å². The molecule has 0 fully saturated rings. The van der Waals surface area contributed by atoms with Crippen molar-refractivity contribution in [2.75, 3.05) is 7.11 Å². The van der Waals surface area contributed by atoms with Crippen molar-refractivity contribution in [3.63, 3.8) is 0 Å². The Kier molecular flexibility index (Phi) is 12.6. The highest BCUT2D eigenvalue weighted by molar-refractivity contribution is 5.79. The Hall–Kier alpha value is -8.72. The third kappa shape index (κ3) is 10.6. The predicted molar refractivity (Wildman–Crippen MR) is 239 cm³/mol. The van der Waals surface area contributed by atoms with Crippen molar-refractivity contribution >= 4 is 21.8 Å². The smallest absolute Gasteiger partial charge is 0.204 e. The molecule has 64 heavy (non-hydrogen) atoms. The molecule has 15 heteroatoms. The van der Waals surface area contributed by atoms with Crippen LogP contribution in [0.2, 0.25) is 0 Å². The van der Waals surface area contributed by atoms with Gasteiger partial charge in [0.05, 0.1) is 29.5 Å². The number of aromatic nitrogens is 10. The monoisotopic (exact) mass is 848 g/mol. The van der Waals surface area contributed by atoms with Crippen molar-refractivity contribution in [3.8, 4) is 51.5 Å². The molecule has 15 nitrogen and oxygen atoms in total. The summed E-state index contributed by atoms with van der Waals surface area (Å²) in [5, 5.41) is 30.3. The Balaban J connectivity index is 0.000000162. The van der Waals surface area contributed by atoms with Gasteiger partial charge in [-0.3, -0.25) is 0 Å². The summed E-state index contributed by atoms with van der Waals surface area (Å²) >= 11 is 0. The van der Waals surface area contributed by atoms with Crippen LogP contribution >= 0.6 is 0 Å². The Morgan fingerprint density at radius 1 is 0.406 bits per heavy atom. The molecule has 0 aliphatic carbocycles. The number of tetrazole rings is 2. The van der Waals surface area contributed by atoms with E-state index >= 15 is 0 Å². The van der Waals surface area contributed by atoms with Crippen molar-refractivity contribution in [1.29, 1.82) is 0 Å². The zero-order valence-electron chi connectivity index (χ0n) is 34.5. The number of pyridine rings is 2. The van der Waals surface area contributed by atoms with E-state index in [1.165, 1.54) is 0 Å². The van der Waals surface area contributed by atoms with Crippen molar-refractivity contribution in [2.45, 2.75) is 26.4 Å². The lowest BCUT2D eigenvalue weighted by Gasteiger charge is -2.12. The third-order valence-corrected chi connectivity index (χ3v) is 9.88. The van der Waals surface area contributed by atoms with Crippen LogP contribution < -0.4 is 23.7 Å². The molecule has 6 aromatic carbocycles. The Morgan fingerprint density at radius 2 is 0.922 bits per heavy atom. The summed E-state index contributed by atoms with van der Waals surface area (Å²) in [5.74, 6) is 4.52. The van der Waals surface area contributed by atoms with Crippen LogP contribution in [0.4, 0.5) is 0 Å². The largest absolute Gasteiger partial charge is 0.496 e. The van der Waals surface area contributed by atoms with E-state index in [0.29, 0.717) is 55.3 Å². The molecule has 0 saturated heterocycles. The van der Waals surface area contributed by atoms with Crippen molar-refractivity contribution < 1.29 is 23.7 Å². The third-order valence-electron chi connectivity index (χ3n) is 9.88. The molecule has 4 heterocycles. The molecular formula is C49H40N10O5. The van der Waals surface area contributed by atoms with E-state index in [1.54, 1.807) is 7.11 Å². The van der Waals surface area contributed by atoms with Gasteiger partial charge in [-0.05, 0) is 64.0 Å². The lowest BCUT2D eigenvalue weighted by Crippen LogP contribution is -2.00. The van der Waals surface area contributed by atoms with Crippen molar-refractivity contribution in [3.05, 3.63) is 186 Å². The summed E-state index contributed by atoms with van der Waals surface area (Å²) in [6, 6.07) is 52.9. The SMILES string of the molecule is COc1cc(OCc2ccc(-c3nn[nH]n3)cc2)cc(OCc2ccc3ccccc3n2)c1.c1cc(OCc2cccc(-c3nn[nH]n3)c2)cc(OCc2ccc3ccccc3n2)c1. The fourth-order valence-corrected chi connectivity index (χ4v) is 6.63. The molecule has 4 aromatic heterocycles. The van der Waals surface area contributed by atoms with Crippen LogP contribution in [-0.4, -0.2) is 58.3 Å². The number of hydrogen-bond acceptors (Lipinski definition) is 13. The second-order valence-electron chi connectivity index (χ2n) is 14.3. The van der Waals surface area contributed by atoms with Crippen LogP contribution in [-0.2, 0) is 26.4 Å². The van der Waals surface area contributed by atoms with Crippen molar-refractivity contribution in [1.82, 2.24) is 51.2 Å². The fraction of sp³-hybridized carbons (Fsp3) is 0.102. The summed E-state index contributed by atoms with van der Waals surface area (Å²) in [6.07, 6.45) is 0. The standard InChI is InChI=1S/C25H21N5O3.C24H19N5O2/c1-31-21-12-22(32-15-17-6-8-19(9-7-17)25-27-29-30-28-25)14-23(13-21)33-16-20-11-10-18-4-2-3-5-24(18)26-20;1-2-10-23-18(6-1)11-12-20(25-23)16-31-22-9-4-8-21(14-22)30-15-17-5-3-7-19(13-17)24-26-28-29-27-24/h2-14H,15-16H2,1H3,(H,27,28,29,30);1-14H,15-16H2,(H,26,27,28,29). The number of methoxy groups -OCH3 is 1. The quantitative estimate of drug-likeness (QED) is 0.0998. The second kappa shape index (κ2) is 19.8. The summed E-state index contributed by atoms with van der Waals surface area (Å²) in [5.41, 5.74) is 7.41. The summed E-state index contributed by atoms with van der Waals surface area (Å²) in [7, 11) is 1.62. The van der Waals surface area contributed by atoms with E-state index in [1.807, 2.05) is 158 Å². The van der Waals surface area contributed by atoms with Gasteiger partial charge in [0, 0.05) is 46.2 Å². The van der Waals surface area contributed by atoms with E-state index in [2.05, 4.69) is 57.3 Å². The molecule has 0 bridgehead atoms. The van der Waals surface area contributed by atoms with E-state index in [0.717, 1.165) is 66.9 Å². The molecule has 0 aliphatic rings.